The van der Waals surface area contributed by atoms with Crippen molar-refractivity contribution in [2.75, 3.05) is 20.8 Å². The molecule has 1 atom stereocenters. The number of carbonyl (C=O) groups excluding carboxylic acids is 3. The molecule has 0 spiro atoms. The van der Waals surface area contributed by atoms with Crippen LogP contribution < -0.4 is 0 Å². The predicted molar refractivity (Wildman–Crippen MR) is 53.4 cm³/mol. The Hall–Kier alpha value is -1.59. The molecule has 1 aliphatic heterocycles. The van der Waals surface area contributed by atoms with Gasteiger partial charge in [-0.05, 0) is 19.3 Å². The van der Waals surface area contributed by atoms with Crippen molar-refractivity contribution in [1.29, 1.82) is 0 Å². The second kappa shape index (κ2) is 5.48. The number of carbonyl (C=O) groups is 3. The lowest BCUT2D eigenvalue weighted by atomic mass is 10.0. The Kier molecular flexibility index (Phi) is 4.28. The summed E-state index contributed by atoms with van der Waals surface area (Å²) in [7, 11) is 2.40. The summed E-state index contributed by atoms with van der Waals surface area (Å²) in [6.45, 7) is 0.383. The van der Waals surface area contributed by atoms with Crippen molar-refractivity contribution >= 4 is 17.8 Å². The van der Waals surface area contributed by atoms with E-state index < -0.39 is 23.9 Å². The molecule has 16 heavy (non-hydrogen) atoms. The fraction of sp³-hybridized carbons (Fsp3) is 0.700. The molecule has 90 valence electrons. The van der Waals surface area contributed by atoms with E-state index in [1.54, 1.807) is 0 Å². The van der Waals surface area contributed by atoms with Gasteiger partial charge < -0.3 is 14.4 Å². The normalized spacial score (nSPS) is 20.1. The smallest absolute Gasteiger partial charge is 0.396 e. The Bertz CT molecular complexity index is 302. The van der Waals surface area contributed by atoms with E-state index in [2.05, 4.69) is 9.47 Å². The predicted octanol–water partition coefficient (Wildman–Crippen LogP) is -0.287. The highest BCUT2D eigenvalue weighted by molar-refractivity contribution is 6.32. The highest BCUT2D eigenvalue weighted by Crippen LogP contribution is 2.18. The highest BCUT2D eigenvalue weighted by atomic mass is 16.5. The molecule has 1 aliphatic rings. The second-order valence-electron chi connectivity index (χ2n) is 3.52. The maximum atomic E-state index is 11.6. The monoisotopic (exact) mass is 229 g/mol. The van der Waals surface area contributed by atoms with Gasteiger partial charge in [0.2, 0.25) is 0 Å². The number of nitrogens with zero attached hydrogens (tertiary/aromatic N) is 1. The SMILES string of the molecule is COC(=O)C(=O)N1CCCC[C@@H]1C(=O)OC. The minimum Gasteiger partial charge on any atom is -0.467 e. The standard InChI is InChI=1S/C10H15NO5/c1-15-9(13)7-5-3-4-6-11(7)8(12)10(14)16-2/h7H,3-6H2,1-2H3/t7-/m1/s1. The summed E-state index contributed by atoms with van der Waals surface area (Å²) in [5.41, 5.74) is 0. The van der Waals surface area contributed by atoms with Crippen molar-refractivity contribution in [2.45, 2.75) is 25.3 Å². The van der Waals surface area contributed by atoms with E-state index in [1.807, 2.05) is 0 Å². The topological polar surface area (TPSA) is 72.9 Å². The van der Waals surface area contributed by atoms with Crippen LogP contribution in [0.5, 0.6) is 0 Å². The van der Waals surface area contributed by atoms with Crippen LogP contribution in [0.15, 0.2) is 0 Å². The maximum Gasteiger partial charge on any atom is 0.396 e. The van der Waals surface area contributed by atoms with Gasteiger partial charge in [-0.15, -0.1) is 0 Å². The van der Waals surface area contributed by atoms with Gasteiger partial charge in [-0.3, -0.25) is 4.79 Å². The van der Waals surface area contributed by atoms with Crippen LogP contribution >= 0.6 is 0 Å². The zero-order valence-corrected chi connectivity index (χ0v) is 9.39. The van der Waals surface area contributed by atoms with Gasteiger partial charge in [-0.25, -0.2) is 9.59 Å². The number of likely N-dealkylation sites (tertiary alicyclic amines) is 1. The molecule has 0 unspecified atom stereocenters. The van der Waals surface area contributed by atoms with Crippen molar-refractivity contribution in [3.05, 3.63) is 0 Å². The zero-order chi connectivity index (χ0) is 12.1. The van der Waals surface area contributed by atoms with Gasteiger partial charge in [0.25, 0.3) is 0 Å². The van der Waals surface area contributed by atoms with Crippen LogP contribution in [0.25, 0.3) is 0 Å². The van der Waals surface area contributed by atoms with E-state index in [9.17, 15) is 14.4 Å². The zero-order valence-electron chi connectivity index (χ0n) is 9.39. The van der Waals surface area contributed by atoms with Crippen LogP contribution in [0.1, 0.15) is 19.3 Å². The summed E-state index contributed by atoms with van der Waals surface area (Å²) in [4.78, 5) is 35.4. The number of hydrogen-bond acceptors (Lipinski definition) is 5. The fourth-order valence-corrected chi connectivity index (χ4v) is 1.76. The molecule has 1 saturated heterocycles. The van der Waals surface area contributed by atoms with Crippen molar-refractivity contribution in [3.8, 4) is 0 Å². The summed E-state index contributed by atoms with van der Waals surface area (Å²) in [5, 5.41) is 0. The highest BCUT2D eigenvalue weighted by Gasteiger charge is 2.36. The Morgan fingerprint density at radius 1 is 1.12 bits per heavy atom. The van der Waals surface area contributed by atoms with Crippen LogP contribution in [0.2, 0.25) is 0 Å². The van der Waals surface area contributed by atoms with Gasteiger partial charge in [-0.1, -0.05) is 0 Å². The molecule has 0 aliphatic carbocycles. The molecule has 0 aromatic carbocycles. The second-order valence-corrected chi connectivity index (χ2v) is 3.52. The van der Waals surface area contributed by atoms with Gasteiger partial charge >= 0.3 is 17.8 Å². The summed E-state index contributed by atoms with van der Waals surface area (Å²) >= 11 is 0. The van der Waals surface area contributed by atoms with Gasteiger partial charge in [0.1, 0.15) is 6.04 Å². The third-order valence-corrected chi connectivity index (χ3v) is 2.60. The van der Waals surface area contributed by atoms with Gasteiger partial charge in [-0.2, -0.15) is 0 Å². The number of amides is 1. The molecule has 0 radical (unpaired) electrons. The summed E-state index contributed by atoms with van der Waals surface area (Å²) in [6.07, 6.45) is 2.14. The Morgan fingerprint density at radius 3 is 2.38 bits per heavy atom. The molecule has 6 nitrogen and oxygen atoms in total. The van der Waals surface area contributed by atoms with Crippen molar-refractivity contribution < 1.29 is 23.9 Å². The molecule has 0 aromatic rings. The number of piperidine rings is 1. The summed E-state index contributed by atoms with van der Waals surface area (Å²) < 4.78 is 8.94. The number of methoxy groups -OCH3 is 2. The van der Waals surface area contributed by atoms with E-state index in [0.29, 0.717) is 13.0 Å². The van der Waals surface area contributed by atoms with E-state index in [0.717, 1.165) is 20.0 Å². The van der Waals surface area contributed by atoms with Crippen LogP contribution in [-0.4, -0.2) is 49.6 Å². The van der Waals surface area contributed by atoms with Gasteiger partial charge in [0, 0.05) is 6.54 Å². The molecule has 1 fully saturated rings. The lowest BCUT2D eigenvalue weighted by Gasteiger charge is -2.32. The molecule has 0 N–H and O–H groups in total. The first-order valence-electron chi connectivity index (χ1n) is 5.08. The number of esters is 2. The van der Waals surface area contributed by atoms with Gasteiger partial charge in [0.15, 0.2) is 0 Å². The fourth-order valence-electron chi connectivity index (χ4n) is 1.76. The minimum atomic E-state index is -0.948. The van der Waals surface area contributed by atoms with E-state index in [4.69, 9.17) is 0 Å². The van der Waals surface area contributed by atoms with Gasteiger partial charge in [0.05, 0.1) is 14.2 Å². The van der Waals surface area contributed by atoms with Crippen molar-refractivity contribution in [2.24, 2.45) is 0 Å². The number of ether oxygens (including phenoxy) is 2. The summed E-state index contributed by atoms with van der Waals surface area (Å²) in [5.74, 6) is -2.22. The van der Waals surface area contributed by atoms with E-state index in [-0.39, 0.29) is 0 Å². The molecule has 0 bridgehead atoms. The quantitative estimate of drug-likeness (QED) is 0.456. The minimum absolute atomic E-state index is 0.383. The number of hydrogen-bond donors (Lipinski definition) is 0. The average molecular weight is 229 g/mol. The molecule has 1 amide bonds. The molecular weight excluding hydrogens is 214 g/mol. The van der Waals surface area contributed by atoms with Crippen LogP contribution in [0, 0.1) is 0 Å². The Morgan fingerprint density at radius 2 is 1.81 bits per heavy atom. The Labute approximate surface area is 93.5 Å². The van der Waals surface area contributed by atoms with Crippen molar-refractivity contribution in [3.63, 3.8) is 0 Å². The molecule has 1 rings (SSSR count). The maximum absolute atomic E-state index is 11.6. The third-order valence-electron chi connectivity index (χ3n) is 2.60. The number of rotatable bonds is 1. The first kappa shape index (κ1) is 12.5. The summed E-state index contributed by atoms with van der Waals surface area (Å²) in [6, 6.07) is -0.662. The Balaban J connectivity index is 2.77. The first-order valence-corrected chi connectivity index (χ1v) is 5.08. The van der Waals surface area contributed by atoms with E-state index >= 15 is 0 Å². The average Bonchev–Trinajstić information content (AvgIpc) is 2.35. The lowest BCUT2D eigenvalue weighted by Crippen LogP contribution is -2.51. The molecule has 0 aromatic heterocycles. The van der Waals surface area contributed by atoms with Crippen LogP contribution in [-0.2, 0) is 23.9 Å². The van der Waals surface area contributed by atoms with E-state index in [1.165, 1.54) is 12.0 Å². The van der Waals surface area contributed by atoms with Crippen LogP contribution in [0.4, 0.5) is 0 Å². The molecule has 6 heteroatoms. The van der Waals surface area contributed by atoms with Crippen molar-refractivity contribution in [1.82, 2.24) is 4.90 Å². The third kappa shape index (κ3) is 2.50. The molecule has 1 heterocycles. The molecular formula is C10H15NO5. The lowest BCUT2D eigenvalue weighted by molar-refractivity contribution is -0.164. The largest absolute Gasteiger partial charge is 0.467 e. The molecule has 0 saturated carbocycles. The van der Waals surface area contributed by atoms with Crippen LogP contribution in [0.3, 0.4) is 0 Å². The first-order chi connectivity index (χ1) is 7.61.